The fraction of sp³-hybridized carbons (Fsp3) is 0.400. The third kappa shape index (κ3) is 3.10. The van der Waals surface area contributed by atoms with Gasteiger partial charge in [0.15, 0.2) is 0 Å². The van der Waals surface area contributed by atoms with Gasteiger partial charge in [-0.15, -0.1) is 0 Å². The second-order valence-corrected chi connectivity index (χ2v) is 2.93. The molecule has 0 radical (unpaired) electrons. The molecule has 0 aromatic rings. The van der Waals surface area contributed by atoms with E-state index in [2.05, 4.69) is 11.1 Å². The van der Waals surface area contributed by atoms with Crippen molar-refractivity contribution >= 4 is 30.3 Å². The Balaban J connectivity index is 3.79. The molecule has 0 rings (SSSR count). The van der Waals surface area contributed by atoms with Crippen molar-refractivity contribution in [3.05, 3.63) is 9.94 Å². The zero-order valence-electron chi connectivity index (χ0n) is 4.94. The molecule has 0 amide bonds. The third-order valence-electron chi connectivity index (χ3n) is 0.687. The van der Waals surface area contributed by atoms with Gasteiger partial charge in [0.25, 0.3) is 0 Å². The minimum absolute atomic E-state index is 0.780. The molecule has 0 spiro atoms. The highest BCUT2D eigenvalue weighted by molar-refractivity contribution is 8.01. The number of hydrogen-bond acceptors (Lipinski definition) is 2. The summed E-state index contributed by atoms with van der Waals surface area (Å²) in [6, 6.07) is 0. The van der Waals surface area contributed by atoms with E-state index in [1.54, 1.807) is 0 Å². The van der Waals surface area contributed by atoms with Crippen LogP contribution in [0.3, 0.4) is 0 Å². The first-order chi connectivity index (χ1) is 3.68. The van der Waals surface area contributed by atoms with Crippen LogP contribution in [-0.2, 0) is 0 Å². The molecule has 0 fully saturated rings. The summed E-state index contributed by atoms with van der Waals surface area (Å²) in [6.07, 6.45) is 0. The fourth-order valence-electron chi connectivity index (χ4n) is 0.160. The highest BCUT2D eigenvalue weighted by Gasteiger charge is 1.89. The average Bonchev–Trinajstić information content (AvgIpc) is 1.67. The maximum atomic E-state index is 5.58. The van der Waals surface area contributed by atoms with Crippen molar-refractivity contribution in [2.24, 2.45) is 4.40 Å². The van der Waals surface area contributed by atoms with Gasteiger partial charge in [0.05, 0.1) is 0 Å². The number of halogens is 1. The molecule has 8 heavy (non-hydrogen) atoms. The molecular formula is C5H8ClNS. The quantitative estimate of drug-likeness (QED) is 0.435. The van der Waals surface area contributed by atoms with Gasteiger partial charge in [-0.05, 0) is 20.6 Å². The summed E-state index contributed by atoms with van der Waals surface area (Å²) < 4.78 is 3.58. The first kappa shape index (κ1) is 8.05. The molecule has 0 unspecified atom stereocenters. The van der Waals surface area contributed by atoms with Gasteiger partial charge in [0.2, 0.25) is 0 Å². The van der Waals surface area contributed by atoms with E-state index in [-0.39, 0.29) is 0 Å². The Hall–Kier alpha value is 0.0500. The molecule has 0 saturated heterocycles. The van der Waals surface area contributed by atoms with Crippen LogP contribution in [0.4, 0.5) is 0 Å². The van der Waals surface area contributed by atoms with E-state index in [0.29, 0.717) is 0 Å². The highest BCUT2D eigenvalue weighted by atomic mass is 35.5. The minimum atomic E-state index is 0.780. The van der Waals surface area contributed by atoms with E-state index >= 15 is 0 Å². The zero-order chi connectivity index (χ0) is 6.57. The molecule has 0 heterocycles. The molecule has 0 aromatic carbocycles. The van der Waals surface area contributed by atoms with Crippen LogP contribution in [-0.4, -0.2) is 6.72 Å². The molecule has 0 aliphatic carbocycles. The fourth-order valence-corrected chi connectivity index (χ4v) is 0.583. The Labute approximate surface area is 59.0 Å². The summed E-state index contributed by atoms with van der Waals surface area (Å²) >= 11 is 6.88. The SMILES string of the molecule is C=NS/C(C)=C(\C)Cl. The van der Waals surface area contributed by atoms with Gasteiger partial charge in [-0.25, -0.2) is 4.40 Å². The number of hydrogen-bond donors (Lipinski definition) is 0. The van der Waals surface area contributed by atoms with E-state index in [9.17, 15) is 0 Å². The highest BCUT2D eigenvalue weighted by Crippen LogP contribution is 2.20. The van der Waals surface area contributed by atoms with Crippen LogP contribution in [0.15, 0.2) is 14.3 Å². The molecule has 0 aliphatic rings. The minimum Gasteiger partial charge on any atom is -0.228 e. The molecule has 0 bridgehead atoms. The van der Waals surface area contributed by atoms with E-state index < -0.39 is 0 Å². The lowest BCUT2D eigenvalue weighted by molar-refractivity contribution is 1.54. The molecule has 1 nitrogen and oxygen atoms in total. The van der Waals surface area contributed by atoms with Crippen LogP contribution < -0.4 is 0 Å². The maximum Gasteiger partial charge on any atom is 0.0260 e. The van der Waals surface area contributed by atoms with Gasteiger partial charge in [-0.3, -0.25) is 0 Å². The Kier molecular flexibility index (Phi) is 4.01. The maximum absolute atomic E-state index is 5.58. The summed E-state index contributed by atoms with van der Waals surface area (Å²) in [5, 5.41) is 0.780. The van der Waals surface area contributed by atoms with Gasteiger partial charge in [0, 0.05) is 21.9 Å². The Morgan fingerprint density at radius 1 is 1.62 bits per heavy atom. The van der Waals surface area contributed by atoms with Crippen LogP contribution >= 0.6 is 23.5 Å². The first-order valence-corrected chi connectivity index (χ1v) is 3.29. The van der Waals surface area contributed by atoms with Gasteiger partial charge >= 0.3 is 0 Å². The topological polar surface area (TPSA) is 12.4 Å². The smallest absolute Gasteiger partial charge is 0.0260 e. The van der Waals surface area contributed by atoms with E-state index in [4.69, 9.17) is 11.6 Å². The van der Waals surface area contributed by atoms with Crippen LogP contribution in [0.25, 0.3) is 0 Å². The lowest BCUT2D eigenvalue weighted by Gasteiger charge is -1.91. The van der Waals surface area contributed by atoms with Crippen molar-refractivity contribution in [3.63, 3.8) is 0 Å². The number of allylic oxidation sites excluding steroid dienone is 2. The summed E-state index contributed by atoms with van der Waals surface area (Å²) in [5.74, 6) is 0. The monoisotopic (exact) mass is 149 g/mol. The molecule has 0 saturated carbocycles. The van der Waals surface area contributed by atoms with Crippen LogP contribution in [0.1, 0.15) is 13.8 Å². The number of rotatable bonds is 2. The summed E-state index contributed by atoms with van der Waals surface area (Å²) in [4.78, 5) is 1.00. The Morgan fingerprint density at radius 3 is 2.25 bits per heavy atom. The predicted molar refractivity (Wildman–Crippen MR) is 41.4 cm³/mol. The second kappa shape index (κ2) is 3.98. The molecule has 0 atom stereocenters. The van der Waals surface area contributed by atoms with Crippen LogP contribution in [0.5, 0.6) is 0 Å². The van der Waals surface area contributed by atoms with Crippen molar-refractivity contribution in [1.29, 1.82) is 0 Å². The lowest BCUT2D eigenvalue weighted by Crippen LogP contribution is -1.64. The van der Waals surface area contributed by atoms with Crippen LogP contribution in [0, 0.1) is 0 Å². The zero-order valence-corrected chi connectivity index (χ0v) is 6.51. The largest absolute Gasteiger partial charge is 0.228 e. The van der Waals surface area contributed by atoms with Gasteiger partial charge in [-0.2, -0.15) is 0 Å². The number of nitrogens with zero attached hydrogens (tertiary/aromatic N) is 1. The molecule has 3 heteroatoms. The molecule has 0 N–H and O–H groups in total. The standard InChI is InChI=1S/C5H8ClNS/c1-4(6)5(2)8-7-3/h3H2,1-2H3/b5-4+. The molecule has 46 valence electrons. The predicted octanol–water partition coefficient (Wildman–Crippen LogP) is 2.83. The van der Waals surface area contributed by atoms with Crippen molar-refractivity contribution < 1.29 is 0 Å². The van der Waals surface area contributed by atoms with Crippen molar-refractivity contribution in [1.82, 2.24) is 0 Å². The first-order valence-electron chi connectivity index (χ1n) is 2.14. The summed E-state index contributed by atoms with van der Waals surface area (Å²) in [5.41, 5.74) is 0. The van der Waals surface area contributed by atoms with Gasteiger partial charge in [-0.1, -0.05) is 11.6 Å². The van der Waals surface area contributed by atoms with Gasteiger partial charge < -0.3 is 0 Å². The summed E-state index contributed by atoms with van der Waals surface area (Å²) in [6.45, 7) is 7.04. The normalized spacial score (nSPS) is 12.9. The second-order valence-electron chi connectivity index (χ2n) is 1.31. The van der Waals surface area contributed by atoms with Crippen molar-refractivity contribution in [2.75, 3.05) is 0 Å². The molecular weight excluding hydrogens is 142 g/mol. The molecule has 0 aliphatic heterocycles. The van der Waals surface area contributed by atoms with Crippen molar-refractivity contribution in [2.45, 2.75) is 13.8 Å². The third-order valence-corrected chi connectivity index (χ3v) is 1.79. The van der Waals surface area contributed by atoms with Gasteiger partial charge in [0.1, 0.15) is 0 Å². The van der Waals surface area contributed by atoms with E-state index in [1.807, 2.05) is 13.8 Å². The molecule has 0 aromatic heterocycles. The Morgan fingerprint density at radius 2 is 2.12 bits per heavy atom. The summed E-state index contributed by atoms with van der Waals surface area (Å²) in [7, 11) is 0. The Bertz CT molecular complexity index is 116. The van der Waals surface area contributed by atoms with E-state index in [1.165, 1.54) is 11.9 Å². The average molecular weight is 150 g/mol. The van der Waals surface area contributed by atoms with Crippen molar-refractivity contribution in [3.8, 4) is 0 Å². The lowest BCUT2D eigenvalue weighted by atomic mass is 10.6. The van der Waals surface area contributed by atoms with E-state index in [0.717, 1.165) is 9.94 Å². The van der Waals surface area contributed by atoms with Crippen LogP contribution in [0.2, 0.25) is 0 Å².